The van der Waals surface area contributed by atoms with E-state index in [1.807, 2.05) is 44.4 Å². The summed E-state index contributed by atoms with van der Waals surface area (Å²) in [6, 6.07) is 9.21. The number of halogens is 1. The largest absolute Gasteiger partial charge is 0.340 e. The number of aromatic nitrogens is 6. The third-order valence-corrected chi connectivity index (χ3v) is 7.52. The third kappa shape index (κ3) is 5.22. The van der Waals surface area contributed by atoms with E-state index in [0.717, 1.165) is 69.8 Å². The fourth-order valence-corrected chi connectivity index (χ4v) is 5.57. The van der Waals surface area contributed by atoms with Gasteiger partial charge in [-0.2, -0.15) is 5.10 Å². The maximum Gasteiger partial charge on any atom is 0.159 e. The fourth-order valence-electron chi connectivity index (χ4n) is 5.57. The summed E-state index contributed by atoms with van der Waals surface area (Å²) < 4.78 is 14.3. The van der Waals surface area contributed by atoms with Gasteiger partial charge in [0, 0.05) is 34.6 Å². The van der Waals surface area contributed by atoms with Gasteiger partial charge in [-0.1, -0.05) is 24.8 Å². The number of pyridine rings is 2. The van der Waals surface area contributed by atoms with E-state index < -0.39 is 0 Å². The van der Waals surface area contributed by atoms with E-state index in [0.29, 0.717) is 17.4 Å². The highest BCUT2D eigenvalue weighted by atomic mass is 19.1. The molecule has 0 amide bonds. The van der Waals surface area contributed by atoms with E-state index >= 15 is 0 Å². The number of fused-ring (bicyclic) bond motifs is 1. The Hall–Kier alpha value is -4.43. The van der Waals surface area contributed by atoms with Crippen LogP contribution in [0, 0.1) is 25.6 Å². The van der Waals surface area contributed by atoms with Crippen LogP contribution in [0.5, 0.6) is 0 Å². The van der Waals surface area contributed by atoms with Gasteiger partial charge in [-0.15, -0.1) is 0 Å². The predicted octanol–water partition coefficient (Wildman–Crippen LogP) is 6.33. The quantitative estimate of drug-likeness (QED) is 0.213. The van der Waals surface area contributed by atoms with Crippen molar-refractivity contribution in [3.8, 4) is 22.8 Å². The average molecular weight is 534 g/mol. The topological polar surface area (TPSA) is 95.2 Å². The zero-order valence-corrected chi connectivity index (χ0v) is 22.8. The predicted molar refractivity (Wildman–Crippen MR) is 157 cm³/mol. The summed E-state index contributed by atoms with van der Waals surface area (Å²) in [4.78, 5) is 17.5. The molecule has 6 rings (SSSR count). The summed E-state index contributed by atoms with van der Waals surface area (Å²) in [5, 5.41) is 12.0. The Kier molecular flexibility index (Phi) is 7.09. The molecule has 5 aromatic rings. The van der Waals surface area contributed by atoms with Crippen LogP contribution in [0.1, 0.15) is 40.9 Å². The van der Waals surface area contributed by atoms with Gasteiger partial charge in [-0.25, -0.2) is 9.37 Å². The van der Waals surface area contributed by atoms with Crippen LogP contribution in [-0.4, -0.2) is 43.2 Å². The number of benzene rings is 1. The number of hydrogen-bond acceptors (Lipinski definition) is 5. The molecular weight excluding hydrogens is 501 g/mol. The normalized spacial score (nSPS) is 14.6. The lowest BCUT2D eigenvalue weighted by molar-refractivity contribution is 0.372. The Labute approximate surface area is 232 Å². The minimum atomic E-state index is -0.286. The van der Waals surface area contributed by atoms with Gasteiger partial charge in [0.25, 0.3) is 0 Å². The van der Waals surface area contributed by atoms with Gasteiger partial charge in [0.1, 0.15) is 11.5 Å². The molecule has 5 heterocycles. The van der Waals surface area contributed by atoms with E-state index in [-0.39, 0.29) is 5.82 Å². The smallest absolute Gasteiger partial charge is 0.159 e. The number of nitrogens with one attached hydrogen (secondary N) is 3. The van der Waals surface area contributed by atoms with Crippen LogP contribution in [0.15, 0.2) is 67.7 Å². The van der Waals surface area contributed by atoms with Crippen molar-refractivity contribution in [1.29, 1.82) is 0 Å². The number of allylic oxidation sites excluding steroid dienone is 2. The van der Waals surface area contributed by atoms with Crippen LogP contribution in [0.25, 0.3) is 39.3 Å². The molecule has 1 aliphatic rings. The highest BCUT2D eigenvalue weighted by molar-refractivity contribution is 5.93. The lowest BCUT2D eigenvalue weighted by atomic mass is 9.91. The number of rotatable bonds is 7. The zero-order chi connectivity index (χ0) is 27.6. The Morgan fingerprint density at radius 3 is 2.73 bits per heavy atom. The second-order valence-corrected chi connectivity index (χ2v) is 10.6. The molecule has 0 spiro atoms. The van der Waals surface area contributed by atoms with Crippen molar-refractivity contribution in [3.05, 3.63) is 102 Å². The molecule has 0 aliphatic carbocycles. The van der Waals surface area contributed by atoms with E-state index in [4.69, 9.17) is 9.97 Å². The summed E-state index contributed by atoms with van der Waals surface area (Å²) >= 11 is 0. The van der Waals surface area contributed by atoms with Crippen molar-refractivity contribution in [3.63, 3.8) is 0 Å². The second kappa shape index (κ2) is 11.0. The van der Waals surface area contributed by atoms with Gasteiger partial charge in [-0.05, 0) is 93.1 Å². The Morgan fingerprint density at radius 1 is 1.07 bits per heavy atom. The van der Waals surface area contributed by atoms with Gasteiger partial charge in [0.2, 0.25) is 0 Å². The van der Waals surface area contributed by atoms with Crippen LogP contribution >= 0.6 is 0 Å². The SMILES string of the molecule is C=C/C=C(/c1cc(C)cc(F)c1)c1nc(-c2n[nH]c3cnc(-c4cncc(CC5CCNCC5)c4)cc23)[nH]c1C. The molecule has 8 heteroatoms. The van der Waals surface area contributed by atoms with Crippen LogP contribution < -0.4 is 5.32 Å². The van der Waals surface area contributed by atoms with E-state index in [1.54, 1.807) is 12.3 Å². The highest BCUT2D eigenvalue weighted by Gasteiger charge is 2.19. The van der Waals surface area contributed by atoms with E-state index in [9.17, 15) is 4.39 Å². The average Bonchev–Trinajstić information content (AvgIpc) is 3.54. The Balaban J connectivity index is 1.35. The number of H-pyrrole nitrogens is 2. The maximum absolute atomic E-state index is 14.3. The summed E-state index contributed by atoms with van der Waals surface area (Å²) in [5.74, 6) is 1.02. The summed E-state index contributed by atoms with van der Waals surface area (Å²) in [5.41, 5.74) is 8.51. The van der Waals surface area contributed by atoms with Crippen molar-refractivity contribution in [2.75, 3.05) is 13.1 Å². The first kappa shape index (κ1) is 25.8. The van der Waals surface area contributed by atoms with Crippen LogP contribution in [0.4, 0.5) is 4.39 Å². The standard InChI is InChI=1S/C32H32FN7/c1-4-5-26(23-10-19(2)11-25(33)14-23)30-20(3)37-32(38-30)31-27-15-28(36-18-29(27)39-40-31)24-13-22(16-35-17-24)12-21-6-8-34-9-7-21/h4-5,10-11,13-18,21,34H,1,6-9,12H2,2-3H3,(H,37,38)(H,39,40)/b26-5-. The van der Waals surface area contributed by atoms with Gasteiger partial charge >= 0.3 is 0 Å². The van der Waals surface area contributed by atoms with Gasteiger partial charge in [0.15, 0.2) is 5.82 Å². The molecule has 3 N–H and O–H groups in total. The van der Waals surface area contributed by atoms with E-state index in [2.05, 4.69) is 38.1 Å². The molecule has 0 radical (unpaired) electrons. The molecule has 0 bridgehead atoms. The number of piperidine rings is 1. The Morgan fingerprint density at radius 2 is 1.93 bits per heavy atom. The number of aromatic amines is 2. The number of aryl methyl sites for hydroxylation is 2. The zero-order valence-electron chi connectivity index (χ0n) is 22.8. The first-order valence-electron chi connectivity index (χ1n) is 13.7. The van der Waals surface area contributed by atoms with Gasteiger partial charge in [0.05, 0.1) is 23.1 Å². The number of imidazole rings is 1. The number of nitrogens with zero attached hydrogens (tertiary/aromatic N) is 4. The minimum Gasteiger partial charge on any atom is -0.340 e. The van der Waals surface area contributed by atoms with Crippen molar-refractivity contribution in [2.24, 2.45) is 5.92 Å². The molecule has 0 unspecified atom stereocenters. The first-order chi connectivity index (χ1) is 19.5. The highest BCUT2D eigenvalue weighted by Crippen LogP contribution is 2.32. The monoisotopic (exact) mass is 533 g/mol. The fraction of sp³-hybridized carbons (Fsp3) is 0.250. The van der Waals surface area contributed by atoms with Crippen molar-refractivity contribution in [2.45, 2.75) is 33.1 Å². The minimum absolute atomic E-state index is 0.286. The molecular formula is C32H32FN7. The van der Waals surface area contributed by atoms with Gasteiger partial charge < -0.3 is 10.3 Å². The van der Waals surface area contributed by atoms with Crippen LogP contribution in [0.2, 0.25) is 0 Å². The molecule has 1 fully saturated rings. The van der Waals surface area contributed by atoms with Crippen molar-refractivity contribution < 1.29 is 4.39 Å². The van der Waals surface area contributed by atoms with Crippen molar-refractivity contribution >= 4 is 16.5 Å². The molecule has 4 aromatic heterocycles. The lowest BCUT2D eigenvalue weighted by Crippen LogP contribution is -2.28. The molecule has 1 saturated heterocycles. The van der Waals surface area contributed by atoms with Crippen LogP contribution in [0.3, 0.4) is 0 Å². The molecule has 1 aliphatic heterocycles. The molecule has 0 atom stereocenters. The van der Waals surface area contributed by atoms with Gasteiger partial charge in [-0.3, -0.25) is 15.1 Å². The molecule has 202 valence electrons. The second-order valence-electron chi connectivity index (χ2n) is 10.6. The summed E-state index contributed by atoms with van der Waals surface area (Å²) in [6.45, 7) is 9.86. The lowest BCUT2D eigenvalue weighted by Gasteiger charge is -2.22. The maximum atomic E-state index is 14.3. The third-order valence-electron chi connectivity index (χ3n) is 7.52. The van der Waals surface area contributed by atoms with E-state index in [1.165, 1.54) is 30.5 Å². The molecule has 1 aromatic carbocycles. The molecule has 0 saturated carbocycles. The summed E-state index contributed by atoms with van der Waals surface area (Å²) in [7, 11) is 0. The first-order valence-corrected chi connectivity index (χ1v) is 13.7. The molecule has 7 nitrogen and oxygen atoms in total. The Bertz CT molecular complexity index is 1700. The number of hydrogen-bond donors (Lipinski definition) is 3. The summed E-state index contributed by atoms with van der Waals surface area (Å²) in [6.07, 6.45) is 12.6. The van der Waals surface area contributed by atoms with Crippen molar-refractivity contribution in [1.82, 2.24) is 35.5 Å². The van der Waals surface area contributed by atoms with Crippen LogP contribution in [-0.2, 0) is 6.42 Å². The molecule has 40 heavy (non-hydrogen) atoms.